The van der Waals surface area contributed by atoms with Gasteiger partial charge in [-0.3, -0.25) is 9.69 Å². The van der Waals surface area contributed by atoms with E-state index >= 15 is 0 Å². The Balaban J connectivity index is 1.97. The summed E-state index contributed by atoms with van der Waals surface area (Å²) in [7, 11) is 0. The zero-order valence-corrected chi connectivity index (χ0v) is 10.3. The maximum atomic E-state index is 11.1. The first kappa shape index (κ1) is 12.8. The minimum absolute atomic E-state index is 0.383. The number of nitrogens with two attached hydrogens (primary N) is 1. The van der Waals surface area contributed by atoms with Crippen LogP contribution in [0, 0.1) is 0 Å². The molecule has 1 atom stereocenters. The van der Waals surface area contributed by atoms with E-state index < -0.39 is 11.5 Å². The molecule has 18 heavy (non-hydrogen) atoms. The zero-order chi connectivity index (χ0) is 13.2. The van der Waals surface area contributed by atoms with Gasteiger partial charge in [-0.15, -0.1) is 0 Å². The second kappa shape index (κ2) is 4.92. The van der Waals surface area contributed by atoms with Gasteiger partial charge in [0, 0.05) is 19.6 Å². The lowest BCUT2D eigenvalue weighted by atomic mass is 10.0. The molecule has 0 aliphatic carbocycles. The first-order chi connectivity index (χ1) is 8.51. The van der Waals surface area contributed by atoms with Gasteiger partial charge in [0.25, 0.3) is 0 Å². The molecule has 1 aliphatic rings. The second-order valence-corrected chi connectivity index (χ2v) is 4.89. The number of carboxylic acids is 1. The maximum absolute atomic E-state index is 11.1. The molecule has 1 heterocycles. The molecule has 0 amide bonds. The van der Waals surface area contributed by atoms with Crippen LogP contribution in [0.2, 0.25) is 0 Å². The average molecular weight is 246 g/mol. The van der Waals surface area contributed by atoms with E-state index in [0.717, 1.165) is 11.1 Å². The molecule has 4 nitrogen and oxygen atoms in total. The lowest BCUT2D eigenvalue weighted by molar-refractivity contribution is -0.142. The van der Waals surface area contributed by atoms with E-state index in [1.807, 2.05) is 35.2 Å². The molecule has 1 aliphatic heterocycles. The molecule has 96 valence electrons. The van der Waals surface area contributed by atoms with Gasteiger partial charge in [0.1, 0.15) is 5.54 Å². The van der Waals surface area contributed by atoms with Gasteiger partial charge >= 0.3 is 5.97 Å². The molecular weight excluding hydrogens is 228 g/mol. The van der Waals surface area contributed by atoms with Crippen LogP contribution in [0.15, 0.2) is 36.9 Å². The van der Waals surface area contributed by atoms with Crippen molar-refractivity contribution in [3.8, 4) is 0 Å². The molecule has 2 rings (SSSR count). The molecule has 0 bridgehead atoms. The number of nitrogens with zero attached hydrogens (tertiary/aromatic N) is 1. The summed E-state index contributed by atoms with van der Waals surface area (Å²) in [6.07, 6.45) is 0.490. The van der Waals surface area contributed by atoms with Crippen LogP contribution in [0.1, 0.15) is 12.0 Å². The molecule has 1 aromatic rings. The predicted molar refractivity (Wildman–Crippen MR) is 71.1 cm³/mol. The van der Waals surface area contributed by atoms with Gasteiger partial charge in [-0.05, 0) is 17.6 Å². The number of likely N-dealkylation sites (tertiary alicyclic amines) is 1. The highest BCUT2D eigenvalue weighted by molar-refractivity contribution is 5.79. The third-order valence-corrected chi connectivity index (χ3v) is 3.40. The van der Waals surface area contributed by atoms with Crippen molar-refractivity contribution >= 4 is 11.5 Å². The van der Waals surface area contributed by atoms with Crippen molar-refractivity contribution in [3.63, 3.8) is 0 Å². The Hall–Kier alpha value is -1.65. The predicted octanol–water partition coefficient (Wildman–Crippen LogP) is 1.19. The number of rotatable bonds is 4. The minimum Gasteiger partial charge on any atom is -0.480 e. The lowest BCUT2D eigenvalue weighted by Gasteiger charge is -2.20. The van der Waals surface area contributed by atoms with E-state index in [-0.39, 0.29) is 0 Å². The highest BCUT2D eigenvalue weighted by Crippen LogP contribution is 2.22. The molecular formula is C14H18N2O2. The Morgan fingerprint density at radius 2 is 2.11 bits per heavy atom. The van der Waals surface area contributed by atoms with Crippen LogP contribution in [-0.4, -0.2) is 41.1 Å². The quantitative estimate of drug-likeness (QED) is 0.837. The molecule has 0 radical (unpaired) electrons. The number of carboxylic acid groups (broad SMARTS) is 1. The van der Waals surface area contributed by atoms with Crippen molar-refractivity contribution in [2.24, 2.45) is 5.73 Å². The zero-order valence-electron chi connectivity index (χ0n) is 10.3. The van der Waals surface area contributed by atoms with Crippen molar-refractivity contribution in [2.75, 3.05) is 19.6 Å². The fourth-order valence-corrected chi connectivity index (χ4v) is 2.26. The van der Waals surface area contributed by atoms with E-state index in [1.165, 1.54) is 0 Å². The minimum atomic E-state index is -1.10. The van der Waals surface area contributed by atoms with Crippen LogP contribution >= 0.6 is 0 Å². The van der Waals surface area contributed by atoms with Gasteiger partial charge in [-0.2, -0.15) is 0 Å². The van der Waals surface area contributed by atoms with Crippen molar-refractivity contribution in [3.05, 3.63) is 42.5 Å². The van der Waals surface area contributed by atoms with Crippen molar-refractivity contribution < 1.29 is 9.90 Å². The summed E-state index contributed by atoms with van der Waals surface area (Å²) < 4.78 is 0. The maximum Gasteiger partial charge on any atom is 0.325 e. The summed E-state index contributed by atoms with van der Waals surface area (Å²) in [6.45, 7) is 5.80. The van der Waals surface area contributed by atoms with Crippen LogP contribution in [0.5, 0.6) is 0 Å². The van der Waals surface area contributed by atoms with Gasteiger partial charge in [-0.1, -0.05) is 36.9 Å². The molecule has 3 N–H and O–H groups in total. The summed E-state index contributed by atoms with van der Waals surface area (Å²) in [5.41, 5.74) is 6.81. The third kappa shape index (κ3) is 2.60. The van der Waals surface area contributed by atoms with Gasteiger partial charge in [0.15, 0.2) is 0 Å². The van der Waals surface area contributed by atoms with Crippen molar-refractivity contribution in [1.82, 2.24) is 4.90 Å². The van der Waals surface area contributed by atoms with Gasteiger partial charge in [-0.25, -0.2) is 0 Å². The van der Waals surface area contributed by atoms with E-state index in [4.69, 9.17) is 10.8 Å². The topological polar surface area (TPSA) is 66.6 Å². The van der Waals surface area contributed by atoms with E-state index in [2.05, 4.69) is 6.58 Å². The number of benzene rings is 1. The highest BCUT2D eigenvalue weighted by atomic mass is 16.4. The van der Waals surface area contributed by atoms with Gasteiger partial charge in [0.05, 0.1) is 0 Å². The van der Waals surface area contributed by atoms with Gasteiger partial charge < -0.3 is 10.8 Å². The van der Waals surface area contributed by atoms with E-state index in [1.54, 1.807) is 0 Å². The molecule has 4 heteroatoms. The average Bonchev–Trinajstić information content (AvgIpc) is 2.73. The highest BCUT2D eigenvalue weighted by Gasteiger charge is 2.41. The fourth-order valence-electron chi connectivity index (χ4n) is 2.26. The second-order valence-electron chi connectivity index (χ2n) is 4.89. The molecule has 0 saturated carbocycles. The number of hydrogen-bond acceptors (Lipinski definition) is 3. The van der Waals surface area contributed by atoms with Crippen LogP contribution in [0.25, 0.3) is 5.57 Å². The first-order valence-electron chi connectivity index (χ1n) is 5.99. The van der Waals surface area contributed by atoms with Crippen molar-refractivity contribution in [2.45, 2.75) is 12.0 Å². The molecule has 1 fully saturated rings. The third-order valence-electron chi connectivity index (χ3n) is 3.40. The largest absolute Gasteiger partial charge is 0.480 e. The first-order valence-corrected chi connectivity index (χ1v) is 5.99. The van der Waals surface area contributed by atoms with Crippen LogP contribution in [0.4, 0.5) is 0 Å². The number of hydrogen-bond donors (Lipinski definition) is 2. The monoisotopic (exact) mass is 246 g/mol. The summed E-state index contributed by atoms with van der Waals surface area (Å²) in [6, 6.07) is 9.91. The van der Waals surface area contributed by atoms with Crippen LogP contribution in [-0.2, 0) is 4.79 Å². The van der Waals surface area contributed by atoms with Crippen LogP contribution in [0.3, 0.4) is 0 Å². The number of aliphatic carboxylic acids is 1. The summed E-state index contributed by atoms with van der Waals surface area (Å²) >= 11 is 0. The molecule has 1 saturated heterocycles. The molecule has 1 aromatic carbocycles. The summed E-state index contributed by atoms with van der Waals surface area (Å²) in [5.74, 6) is -0.921. The fraction of sp³-hybridized carbons (Fsp3) is 0.357. The molecule has 0 spiro atoms. The Morgan fingerprint density at radius 1 is 1.44 bits per heavy atom. The Labute approximate surface area is 107 Å². The molecule has 0 aromatic heterocycles. The Bertz CT molecular complexity index is 458. The van der Waals surface area contributed by atoms with E-state index in [0.29, 0.717) is 26.1 Å². The summed E-state index contributed by atoms with van der Waals surface area (Å²) in [4.78, 5) is 13.1. The Kier molecular flexibility index (Phi) is 3.50. The Morgan fingerprint density at radius 3 is 2.67 bits per heavy atom. The molecule has 1 unspecified atom stereocenters. The lowest BCUT2D eigenvalue weighted by Crippen LogP contribution is -2.50. The normalized spacial score (nSPS) is 24.1. The van der Waals surface area contributed by atoms with Crippen molar-refractivity contribution in [1.29, 1.82) is 0 Å². The van der Waals surface area contributed by atoms with Crippen LogP contribution < -0.4 is 5.73 Å². The smallest absolute Gasteiger partial charge is 0.325 e. The standard InChI is InChI=1S/C14H18N2O2/c1-11(12-5-3-2-4-6-12)9-16-8-7-14(15,10-16)13(17)18/h2-6H,1,7-10,15H2,(H,17,18). The van der Waals surface area contributed by atoms with E-state index in [9.17, 15) is 4.79 Å². The number of carbonyl (C=O) groups is 1. The van der Waals surface area contributed by atoms with Gasteiger partial charge in [0.2, 0.25) is 0 Å². The SMILES string of the molecule is C=C(CN1CCC(N)(C(=O)O)C1)c1ccccc1. The summed E-state index contributed by atoms with van der Waals surface area (Å²) in [5, 5.41) is 9.07.